The Hall–Kier alpha value is -1.90. The lowest BCUT2D eigenvalue weighted by atomic mass is 10.00. The Balaban J connectivity index is 2.38. The molecule has 1 aromatic rings. The zero-order chi connectivity index (χ0) is 11.8. The van der Waals surface area contributed by atoms with Gasteiger partial charge >= 0.3 is 6.18 Å². The largest absolute Gasteiger partial charge is 0.454 e. The molecule has 0 radical (unpaired) electrons. The topological polar surface area (TPSA) is 42.2 Å². The zero-order valence-electron chi connectivity index (χ0n) is 7.91. The van der Waals surface area contributed by atoms with E-state index < -0.39 is 12.1 Å². The maximum atomic E-state index is 12.5. The molecule has 6 heteroatoms. The van der Waals surface area contributed by atoms with E-state index in [1.807, 2.05) is 0 Å². The molecule has 16 heavy (non-hydrogen) atoms. The highest BCUT2D eigenvalue weighted by Crippen LogP contribution is 2.39. The molecular weight excluding hydrogens is 223 g/mol. The molecule has 0 fully saturated rings. The van der Waals surface area contributed by atoms with Crippen LogP contribution in [0.2, 0.25) is 0 Å². The summed E-state index contributed by atoms with van der Waals surface area (Å²) < 4.78 is 47.3. The van der Waals surface area contributed by atoms with Crippen molar-refractivity contribution >= 4 is 0 Å². The molecule has 2 rings (SSSR count). The number of rotatable bonds is 1. The number of ether oxygens (including phenoxy) is 2. The van der Waals surface area contributed by atoms with E-state index >= 15 is 0 Å². The maximum absolute atomic E-state index is 12.5. The number of nitrogens with zero attached hydrogens (tertiary/aromatic N) is 1. The van der Waals surface area contributed by atoms with Crippen LogP contribution >= 0.6 is 0 Å². The SMILES string of the molecule is N#CC(c1ccc2c(c1)OCO2)C(F)(F)F. The molecule has 84 valence electrons. The number of halogens is 3. The van der Waals surface area contributed by atoms with Crippen LogP contribution in [0, 0.1) is 11.3 Å². The molecule has 0 aromatic heterocycles. The van der Waals surface area contributed by atoms with Crippen molar-refractivity contribution in [2.45, 2.75) is 12.1 Å². The third-order valence-electron chi connectivity index (χ3n) is 2.19. The molecule has 0 spiro atoms. The van der Waals surface area contributed by atoms with Crippen molar-refractivity contribution < 1.29 is 22.6 Å². The summed E-state index contributed by atoms with van der Waals surface area (Å²) in [6, 6.07) is 5.00. The van der Waals surface area contributed by atoms with Crippen LogP contribution in [-0.2, 0) is 0 Å². The second-order valence-electron chi connectivity index (χ2n) is 3.22. The van der Waals surface area contributed by atoms with Gasteiger partial charge in [0.15, 0.2) is 17.4 Å². The average molecular weight is 229 g/mol. The Morgan fingerprint density at radius 3 is 2.56 bits per heavy atom. The lowest BCUT2D eigenvalue weighted by molar-refractivity contribution is -0.137. The summed E-state index contributed by atoms with van der Waals surface area (Å²) in [5.41, 5.74) is -0.140. The normalized spacial score (nSPS) is 15.6. The van der Waals surface area contributed by atoms with E-state index in [2.05, 4.69) is 0 Å². The summed E-state index contributed by atoms with van der Waals surface area (Å²) in [5.74, 6) is -1.51. The monoisotopic (exact) mass is 229 g/mol. The Morgan fingerprint density at radius 2 is 1.94 bits per heavy atom. The first kappa shape index (κ1) is 10.6. The van der Waals surface area contributed by atoms with Crippen LogP contribution < -0.4 is 9.47 Å². The van der Waals surface area contributed by atoms with Crippen molar-refractivity contribution in [2.75, 3.05) is 6.79 Å². The van der Waals surface area contributed by atoms with Gasteiger partial charge in [0.05, 0.1) is 6.07 Å². The number of alkyl halides is 3. The molecule has 3 nitrogen and oxygen atoms in total. The van der Waals surface area contributed by atoms with Crippen molar-refractivity contribution in [3.63, 3.8) is 0 Å². The van der Waals surface area contributed by atoms with Gasteiger partial charge in [0, 0.05) is 0 Å². The van der Waals surface area contributed by atoms with Gasteiger partial charge in [0.25, 0.3) is 0 Å². The summed E-state index contributed by atoms with van der Waals surface area (Å²) in [7, 11) is 0. The lowest BCUT2D eigenvalue weighted by Gasteiger charge is -2.13. The first-order chi connectivity index (χ1) is 7.52. The van der Waals surface area contributed by atoms with Crippen LogP contribution in [0.15, 0.2) is 18.2 Å². The van der Waals surface area contributed by atoms with Crippen LogP contribution in [0.5, 0.6) is 11.5 Å². The van der Waals surface area contributed by atoms with Crippen LogP contribution in [-0.4, -0.2) is 13.0 Å². The van der Waals surface area contributed by atoms with Crippen LogP contribution in [0.4, 0.5) is 13.2 Å². The molecule has 0 saturated heterocycles. The summed E-state index contributed by atoms with van der Waals surface area (Å²) in [5, 5.41) is 8.52. The molecular formula is C10H6F3NO2. The quantitative estimate of drug-likeness (QED) is 0.743. The van der Waals surface area contributed by atoms with E-state index in [1.54, 1.807) is 0 Å². The minimum absolute atomic E-state index is 0.0119. The van der Waals surface area contributed by atoms with E-state index in [0.29, 0.717) is 5.75 Å². The van der Waals surface area contributed by atoms with Crippen molar-refractivity contribution in [2.24, 2.45) is 0 Å². The van der Waals surface area contributed by atoms with Gasteiger partial charge in [0.2, 0.25) is 6.79 Å². The number of fused-ring (bicyclic) bond motifs is 1. The lowest BCUT2D eigenvalue weighted by Crippen LogP contribution is -2.19. The van der Waals surface area contributed by atoms with Crippen molar-refractivity contribution in [3.05, 3.63) is 23.8 Å². The highest BCUT2D eigenvalue weighted by Gasteiger charge is 2.41. The van der Waals surface area contributed by atoms with Gasteiger partial charge in [-0.25, -0.2) is 0 Å². The number of nitriles is 1. The fourth-order valence-corrected chi connectivity index (χ4v) is 1.43. The molecule has 0 bridgehead atoms. The molecule has 1 heterocycles. The molecule has 1 atom stereocenters. The standard InChI is InChI=1S/C10H6F3NO2/c11-10(12,13)7(4-14)6-1-2-8-9(3-6)16-5-15-8/h1-3,7H,5H2. The maximum Gasteiger partial charge on any atom is 0.408 e. The predicted octanol–water partition coefficient (Wildman–Crippen LogP) is 2.58. The molecule has 1 unspecified atom stereocenters. The molecule has 0 amide bonds. The van der Waals surface area contributed by atoms with E-state index in [-0.39, 0.29) is 18.1 Å². The van der Waals surface area contributed by atoms with E-state index in [9.17, 15) is 13.2 Å². The summed E-state index contributed by atoms with van der Waals surface area (Å²) >= 11 is 0. The van der Waals surface area contributed by atoms with Gasteiger partial charge in [-0.05, 0) is 17.7 Å². The van der Waals surface area contributed by atoms with Gasteiger partial charge in [-0.1, -0.05) is 6.07 Å². The highest BCUT2D eigenvalue weighted by atomic mass is 19.4. The van der Waals surface area contributed by atoms with Gasteiger partial charge in [-0.3, -0.25) is 0 Å². The van der Waals surface area contributed by atoms with Crippen LogP contribution in [0.3, 0.4) is 0 Å². The summed E-state index contributed by atoms with van der Waals surface area (Å²) in [6.07, 6.45) is -4.58. The zero-order valence-corrected chi connectivity index (χ0v) is 7.91. The minimum Gasteiger partial charge on any atom is -0.454 e. The first-order valence-corrected chi connectivity index (χ1v) is 4.38. The van der Waals surface area contributed by atoms with Gasteiger partial charge < -0.3 is 9.47 Å². The molecule has 0 saturated carbocycles. The Bertz CT molecular complexity index is 450. The van der Waals surface area contributed by atoms with Gasteiger partial charge in [0.1, 0.15) is 0 Å². The van der Waals surface area contributed by atoms with Gasteiger partial charge in [-0.2, -0.15) is 18.4 Å². The molecule has 1 aromatic carbocycles. The van der Waals surface area contributed by atoms with E-state index in [1.165, 1.54) is 24.3 Å². The van der Waals surface area contributed by atoms with Gasteiger partial charge in [-0.15, -0.1) is 0 Å². The summed E-state index contributed by atoms with van der Waals surface area (Å²) in [4.78, 5) is 0. The number of benzene rings is 1. The van der Waals surface area contributed by atoms with Crippen LogP contribution in [0.1, 0.15) is 11.5 Å². The second-order valence-corrected chi connectivity index (χ2v) is 3.22. The third-order valence-corrected chi connectivity index (χ3v) is 2.19. The molecule has 1 aliphatic heterocycles. The Kier molecular flexibility index (Phi) is 2.38. The first-order valence-electron chi connectivity index (χ1n) is 4.38. The molecule has 0 N–H and O–H groups in total. The number of hydrogen-bond donors (Lipinski definition) is 0. The third kappa shape index (κ3) is 1.76. The average Bonchev–Trinajstić information content (AvgIpc) is 2.63. The van der Waals surface area contributed by atoms with E-state index in [0.717, 1.165) is 0 Å². The minimum atomic E-state index is -4.58. The van der Waals surface area contributed by atoms with Crippen molar-refractivity contribution in [3.8, 4) is 17.6 Å². The Morgan fingerprint density at radius 1 is 1.25 bits per heavy atom. The fraction of sp³-hybridized carbons (Fsp3) is 0.300. The van der Waals surface area contributed by atoms with E-state index in [4.69, 9.17) is 14.7 Å². The number of hydrogen-bond acceptors (Lipinski definition) is 3. The highest BCUT2D eigenvalue weighted by molar-refractivity contribution is 5.46. The van der Waals surface area contributed by atoms with Crippen molar-refractivity contribution in [1.82, 2.24) is 0 Å². The predicted molar refractivity (Wildman–Crippen MR) is 47.0 cm³/mol. The fourth-order valence-electron chi connectivity index (χ4n) is 1.43. The smallest absolute Gasteiger partial charge is 0.408 e. The molecule has 0 aliphatic carbocycles. The Labute approximate surface area is 89.0 Å². The molecule has 1 aliphatic rings. The second kappa shape index (κ2) is 3.59. The van der Waals surface area contributed by atoms with Crippen LogP contribution in [0.25, 0.3) is 0 Å². The summed E-state index contributed by atoms with van der Waals surface area (Å²) in [6.45, 7) is -0.0119. The van der Waals surface area contributed by atoms with Crippen molar-refractivity contribution in [1.29, 1.82) is 5.26 Å².